The summed E-state index contributed by atoms with van der Waals surface area (Å²) in [6.45, 7) is 2.91. The van der Waals surface area contributed by atoms with Crippen molar-refractivity contribution < 1.29 is 24.2 Å². The highest BCUT2D eigenvalue weighted by Gasteiger charge is 2.30. The lowest BCUT2D eigenvalue weighted by Crippen LogP contribution is -2.50. The normalized spacial score (nSPS) is 14.1. The smallest absolute Gasteiger partial charge is 0.328 e. The van der Waals surface area contributed by atoms with Crippen molar-refractivity contribution in [3.8, 4) is 5.75 Å². The molecule has 1 aromatic carbocycles. The van der Waals surface area contributed by atoms with E-state index >= 15 is 0 Å². The van der Waals surface area contributed by atoms with Crippen LogP contribution in [0.4, 0.5) is 5.69 Å². The monoisotopic (exact) mass is 306 g/mol. The fourth-order valence-electron chi connectivity index (χ4n) is 2.08. The van der Waals surface area contributed by atoms with E-state index in [1.54, 1.807) is 24.3 Å². The molecule has 0 bridgehead atoms. The number of amides is 2. The summed E-state index contributed by atoms with van der Waals surface area (Å²) in [5.41, 5.74) is -0.728. The molecule has 2 N–H and O–H groups in total. The zero-order chi connectivity index (χ0) is 16.3. The van der Waals surface area contributed by atoms with Crippen LogP contribution < -0.4 is 15.0 Å². The van der Waals surface area contributed by atoms with Crippen LogP contribution in [0.3, 0.4) is 0 Å². The van der Waals surface area contributed by atoms with Crippen molar-refractivity contribution in [3.63, 3.8) is 0 Å². The summed E-state index contributed by atoms with van der Waals surface area (Å²) < 4.78 is 5.32. The number of rotatable bonds is 5. The molecule has 2 rings (SSSR count). The van der Waals surface area contributed by atoms with Gasteiger partial charge in [-0.1, -0.05) is 12.1 Å². The zero-order valence-corrected chi connectivity index (χ0v) is 12.5. The first-order chi connectivity index (χ1) is 10.3. The van der Waals surface area contributed by atoms with Gasteiger partial charge in [-0.15, -0.1) is 0 Å². The lowest BCUT2D eigenvalue weighted by molar-refractivity contribution is -0.146. The molecule has 7 nitrogen and oxygen atoms in total. The van der Waals surface area contributed by atoms with Crippen LogP contribution in [0.25, 0.3) is 0 Å². The number of benzene rings is 1. The maximum atomic E-state index is 11.9. The van der Waals surface area contributed by atoms with Gasteiger partial charge in [0, 0.05) is 13.0 Å². The first-order valence-corrected chi connectivity index (χ1v) is 6.88. The van der Waals surface area contributed by atoms with Crippen LogP contribution in [0.15, 0.2) is 24.3 Å². The molecule has 118 valence electrons. The molecular weight excluding hydrogens is 288 g/mol. The first-order valence-electron chi connectivity index (χ1n) is 6.88. The number of ether oxygens (including phenoxy) is 1. The van der Waals surface area contributed by atoms with Gasteiger partial charge in [0.1, 0.15) is 11.3 Å². The summed E-state index contributed by atoms with van der Waals surface area (Å²) in [5.74, 6) is -1.19. The Morgan fingerprint density at radius 1 is 1.36 bits per heavy atom. The zero-order valence-electron chi connectivity index (χ0n) is 12.5. The van der Waals surface area contributed by atoms with Crippen molar-refractivity contribution in [1.29, 1.82) is 0 Å². The number of para-hydroxylation sites is 2. The Bertz CT molecular complexity index is 612. The van der Waals surface area contributed by atoms with Crippen LogP contribution >= 0.6 is 0 Å². The minimum Gasteiger partial charge on any atom is -0.482 e. The third-order valence-electron chi connectivity index (χ3n) is 3.36. The predicted molar refractivity (Wildman–Crippen MR) is 78.8 cm³/mol. The highest BCUT2D eigenvalue weighted by Crippen LogP contribution is 2.31. The predicted octanol–water partition coefficient (Wildman–Crippen LogP) is 0.781. The van der Waals surface area contributed by atoms with Gasteiger partial charge in [0.2, 0.25) is 5.91 Å². The quantitative estimate of drug-likeness (QED) is 0.838. The number of hydrogen-bond donors (Lipinski definition) is 2. The molecule has 2 amide bonds. The third kappa shape index (κ3) is 3.36. The third-order valence-corrected chi connectivity index (χ3v) is 3.36. The number of nitrogens with one attached hydrogen (secondary N) is 1. The Balaban J connectivity index is 2.01. The van der Waals surface area contributed by atoms with E-state index in [0.29, 0.717) is 11.4 Å². The number of aliphatic carboxylic acids is 1. The standard InChI is InChI=1S/C15H18N2O5/c1-15(2,14(20)21)16-12(18)7-8-17-10-5-3-4-6-11(10)22-9-13(17)19/h3-6H,7-9H2,1-2H3,(H,16,18)(H,20,21). The number of fused-ring (bicyclic) bond motifs is 1. The lowest BCUT2D eigenvalue weighted by atomic mass is 10.1. The first kappa shape index (κ1) is 15.8. The van der Waals surface area contributed by atoms with Gasteiger partial charge in [0.15, 0.2) is 6.61 Å². The van der Waals surface area contributed by atoms with Gasteiger partial charge in [-0.05, 0) is 26.0 Å². The second kappa shape index (κ2) is 6.05. The minimum atomic E-state index is -1.34. The second-order valence-electron chi connectivity index (χ2n) is 5.53. The summed E-state index contributed by atoms with van der Waals surface area (Å²) in [4.78, 5) is 36.3. The average molecular weight is 306 g/mol. The number of carboxylic acid groups (broad SMARTS) is 1. The van der Waals surface area contributed by atoms with Crippen LogP contribution in [0.1, 0.15) is 20.3 Å². The number of carbonyl (C=O) groups is 3. The molecule has 0 spiro atoms. The molecular formula is C15H18N2O5. The minimum absolute atomic E-state index is 0.0107. The number of carbonyl (C=O) groups excluding carboxylic acids is 2. The Labute approximate surface area is 127 Å². The van der Waals surface area contributed by atoms with Crippen molar-refractivity contribution in [1.82, 2.24) is 5.32 Å². The Morgan fingerprint density at radius 2 is 2.05 bits per heavy atom. The van der Waals surface area contributed by atoms with E-state index in [4.69, 9.17) is 9.84 Å². The fourth-order valence-corrected chi connectivity index (χ4v) is 2.08. The summed E-state index contributed by atoms with van der Waals surface area (Å²) >= 11 is 0. The molecule has 0 atom stereocenters. The highest BCUT2D eigenvalue weighted by atomic mass is 16.5. The van der Waals surface area contributed by atoms with Crippen molar-refractivity contribution in [3.05, 3.63) is 24.3 Å². The van der Waals surface area contributed by atoms with Gasteiger partial charge in [0.25, 0.3) is 5.91 Å². The average Bonchev–Trinajstić information content (AvgIpc) is 2.45. The molecule has 0 aliphatic carbocycles. The molecule has 0 aromatic heterocycles. The van der Waals surface area contributed by atoms with Crippen molar-refractivity contribution >= 4 is 23.5 Å². The molecule has 22 heavy (non-hydrogen) atoms. The van der Waals surface area contributed by atoms with Gasteiger partial charge in [-0.3, -0.25) is 9.59 Å². The van der Waals surface area contributed by atoms with Gasteiger partial charge in [0.05, 0.1) is 5.69 Å². The summed E-state index contributed by atoms with van der Waals surface area (Å²) in [6.07, 6.45) is 0.0107. The summed E-state index contributed by atoms with van der Waals surface area (Å²) in [5, 5.41) is 11.4. The molecule has 1 aliphatic rings. The molecule has 0 unspecified atom stereocenters. The molecule has 1 aliphatic heterocycles. The Hall–Kier alpha value is -2.57. The SMILES string of the molecule is CC(C)(NC(=O)CCN1C(=O)COc2ccccc21)C(=O)O. The number of carboxylic acids is 1. The van der Waals surface area contributed by atoms with Crippen LogP contribution in [0, 0.1) is 0 Å². The van der Waals surface area contributed by atoms with E-state index in [0.717, 1.165) is 0 Å². The lowest BCUT2D eigenvalue weighted by Gasteiger charge is -2.29. The topological polar surface area (TPSA) is 95.9 Å². The molecule has 0 saturated heterocycles. The van der Waals surface area contributed by atoms with E-state index < -0.39 is 17.4 Å². The fraction of sp³-hybridized carbons (Fsp3) is 0.400. The van der Waals surface area contributed by atoms with E-state index in [9.17, 15) is 14.4 Å². The molecule has 7 heteroatoms. The molecule has 0 radical (unpaired) electrons. The summed E-state index contributed by atoms with van der Waals surface area (Å²) in [6, 6.07) is 7.07. The molecule has 0 saturated carbocycles. The maximum Gasteiger partial charge on any atom is 0.328 e. The summed E-state index contributed by atoms with van der Waals surface area (Å²) in [7, 11) is 0. The molecule has 0 fully saturated rings. The van der Waals surface area contributed by atoms with Crippen LogP contribution in [0.2, 0.25) is 0 Å². The number of hydrogen-bond acceptors (Lipinski definition) is 4. The maximum absolute atomic E-state index is 11.9. The van der Waals surface area contributed by atoms with Gasteiger partial charge in [-0.25, -0.2) is 4.79 Å². The van der Waals surface area contributed by atoms with Crippen LogP contribution in [-0.4, -0.2) is 41.6 Å². The second-order valence-corrected chi connectivity index (χ2v) is 5.53. The van der Waals surface area contributed by atoms with Crippen molar-refractivity contribution in [2.45, 2.75) is 25.8 Å². The van der Waals surface area contributed by atoms with Crippen LogP contribution in [0.5, 0.6) is 5.75 Å². The molecule has 1 aromatic rings. The van der Waals surface area contributed by atoms with E-state index in [2.05, 4.69) is 5.32 Å². The molecule has 1 heterocycles. The van der Waals surface area contributed by atoms with Gasteiger partial charge >= 0.3 is 5.97 Å². The van der Waals surface area contributed by atoms with E-state index in [1.807, 2.05) is 0 Å². The number of nitrogens with zero attached hydrogens (tertiary/aromatic N) is 1. The number of anilines is 1. The van der Waals surface area contributed by atoms with Crippen LogP contribution in [-0.2, 0) is 14.4 Å². The Morgan fingerprint density at radius 3 is 2.73 bits per heavy atom. The van der Waals surface area contributed by atoms with Crippen molar-refractivity contribution in [2.75, 3.05) is 18.1 Å². The van der Waals surface area contributed by atoms with Gasteiger partial charge < -0.3 is 20.1 Å². The Kier molecular flexibility index (Phi) is 4.35. The highest BCUT2D eigenvalue weighted by molar-refractivity contribution is 5.98. The van der Waals surface area contributed by atoms with E-state index in [1.165, 1.54) is 18.7 Å². The largest absolute Gasteiger partial charge is 0.482 e. The van der Waals surface area contributed by atoms with E-state index in [-0.39, 0.29) is 25.5 Å². The van der Waals surface area contributed by atoms with Gasteiger partial charge in [-0.2, -0.15) is 0 Å². The van der Waals surface area contributed by atoms with Crippen molar-refractivity contribution in [2.24, 2.45) is 0 Å².